The maximum atomic E-state index is 12.9. The van der Waals surface area contributed by atoms with Gasteiger partial charge in [-0.05, 0) is 59.6 Å². The Morgan fingerprint density at radius 3 is 2.68 bits per heavy atom. The number of nitrogens with zero attached hydrogens (tertiary/aromatic N) is 3. The molecule has 1 saturated heterocycles. The normalized spacial score (nSPS) is 22.4. The molecule has 1 saturated carbocycles. The van der Waals surface area contributed by atoms with Crippen molar-refractivity contribution in [2.75, 3.05) is 20.1 Å². The van der Waals surface area contributed by atoms with E-state index in [2.05, 4.69) is 35.9 Å². The predicted molar refractivity (Wildman–Crippen MR) is 87.2 cm³/mol. The Morgan fingerprint density at radius 2 is 2.09 bits per heavy atom. The van der Waals surface area contributed by atoms with Gasteiger partial charge in [-0.25, -0.2) is 0 Å². The molecule has 0 spiro atoms. The molecule has 1 aliphatic heterocycles. The zero-order valence-electron chi connectivity index (χ0n) is 14.2. The van der Waals surface area contributed by atoms with E-state index in [-0.39, 0.29) is 11.4 Å². The molecule has 0 radical (unpaired) electrons. The molecular formula is C17H28N4O. The maximum Gasteiger partial charge on any atom is 0.274 e. The highest BCUT2D eigenvalue weighted by Crippen LogP contribution is 2.42. The number of amides is 1. The topological polar surface area (TPSA) is 50.2 Å². The lowest BCUT2D eigenvalue weighted by atomic mass is 10.1. The van der Waals surface area contributed by atoms with Crippen LogP contribution in [0.15, 0.2) is 6.07 Å². The van der Waals surface area contributed by atoms with Gasteiger partial charge >= 0.3 is 0 Å². The van der Waals surface area contributed by atoms with Gasteiger partial charge in [0.2, 0.25) is 0 Å². The van der Waals surface area contributed by atoms with Crippen LogP contribution < -0.4 is 5.32 Å². The number of carbonyl (C=O) groups is 1. The zero-order valence-corrected chi connectivity index (χ0v) is 14.2. The molecule has 1 unspecified atom stereocenters. The number of rotatable bonds is 4. The minimum atomic E-state index is -0.0775. The van der Waals surface area contributed by atoms with Crippen molar-refractivity contribution < 1.29 is 4.79 Å². The van der Waals surface area contributed by atoms with E-state index in [0.29, 0.717) is 17.7 Å². The van der Waals surface area contributed by atoms with Crippen molar-refractivity contribution in [3.8, 4) is 0 Å². The highest BCUT2D eigenvalue weighted by atomic mass is 16.2. The smallest absolute Gasteiger partial charge is 0.274 e. The second-order valence-corrected chi connectivity index (χ2v) is 7.66. The Balaban J connectivity index is 1.86. The number of nitrogens with one attached hydrogen (secondary N) is 1. The Labute approximate surface area is 133 Å². The van der Waals surface area contributed by atoms with E-state index >= 15 is 0 Å². The van der Waals surface area contributed by atoms with Crippen LogP contribution in [0.5, 0.6) is 0 Å². The monoisotopic (exact) mass is 304 g/mol. The number of likely N-dealkylation sites (tertiary alicyclic amines) is 1. The summed E-state index contributed by atoms with van der Waals surface area (Å²) in [5.41, 5.74) is 1.78. The first kappa shape index (κ1) is 15.5. The first-order valence-corrected chi connectivity index (χ1v) is 8.48. The van der Waals surface area contributed by atoms with Crippen LogP contribution >= 0.6 is 0 Å². The minimum absolute atomic E-state index is 0.0775. The van der Waals surface area contributed by atoms with Gasteiger partial charge in [-0.3, -0.25) is 9.48 Å². The fraction of sp³-hybridized carbons (Fsp3) is 0.765. The number of likely N-dealkylation sites (N-methyl/N-ethyl adjacent to an activating group) is 1. The molecule has 1 aliphatic carbocycles. The van der Waals surface area contributed by atoms with Crippen LogP contribution in [0.3, 0.4) is 0 Å². The quantitative estimate of drug-likeness (QED) is 0.929. The highest BCUT2D eigenvalue weighted by Gasteiger charge is 2.35. The summed E-state index contributed by atoms with van der Waals surface area (Å²) in [5.74, 6) is 0.697. The molecule has 0 bridgehead atoms. The SMILES string of the molecule is CNCC1CCCN1C(=O)c1cc(C2CC2)n(C(C)(C)C)n1. The van der Waals surface area contributed by atoms with Crippen LogP contribution in [0.25, 0.3) is 0 Å². The van der Waals surface area contributed by atoms with Crippen LogP contribution in [-0.4, -0.2) is 46.8 Å². The third-order valence-corrected chi connectivity index (χ3v) is 4.66. The van der Waals surface area contributed by atoms with Crippen molar-refractivity contribution in [2.24, 2.45) is 0 Å². The van der Waals surface area contributed by atoms with Gasteiger partial charge in [-0.2, -0.15) is 5.10 Å². The summed E-state index contributed by atoms with van der Waals surface area (Å²) in [6, 6.07) is 2.35. The second kappa shape index (κ2) is 5.69. The summed E-state index contributed by atoms with van der Waals surface area (Å²) in [6.07, 6.45) is 4.62. The molecule has 2 fully saturated rings. The lowest BCUT2D eigenvalue weighted by Crippen LogP contribution is -2.41. The number of hydrogen-bond acceptors (Lipinski definition) is 3. The largest absolute Gasteiger partial charge is 0.333 e. The van der Waals surface area contributed by atoms with Gasteiger partial charge in [0.25, 0.3) is 5.91 Å². The summed E-state index contributed by atoms with van der Waals surface area (Å²) in [4.78, 5) is 14.9. The molecule has 1 atom stereocenters. The summed E-state index contributed by atoms with van der Waals surface area (Å²) >= 11 is 0. The molecule has 122 valence electrons. The van der Waals surface area contributed by atoms with Crippen molar-refractivity contribution in [1.29, 1.82) is 0 Å². The number of carbonyl (C=O) groups excluding carboxylic acids is 1. The Morgan fingerprint density at radius 1 is 1.36 bits per heavy atom. The first-order chi connectivity index (χ1) is 10.4. The van der Waals surface area contributed by atoms with Crippen molar-refractivity contribution in [1.82, 2.24) is 20.0 Å². The van der Waals surface area contributed by atoms with E-state index in [9.17, 15) is 4.79 Å². The van der Waals surface area contributed by atoms with E-state index in [1.807, 2.05) is 18.0 Å². The standard InChI is InChI=1S/C17H28N4O/c1-17(2,3)21-15(12-7-8-12)10-14(19-21)16(22)20-9-5-6-13(20)11-18-4/h10,12-13,18H,5-9,11H2,1-4H3. The Hall–Kier alpha value is -1.36. The molecule has 1 amide bonds. The van der Waals surface area contributed by atoms with Gasteiger partial charge in [0.1, 0.15) is 0 Å². The molecule has 2 aliphatic rings. The lowest BCUT2D eigenvalue weighted by molar-refractivity contribution is 0.0729. The van der Waals surface area contributed by atoms with Crippen LogP contribution in [0.1, 0.15) is 68.6 Å². The second-order valence-electron chi connectivity index (χ2n) is 7.66. The Bertz CT molecular complexity index is 553. The van der Waals surface area contributed by atoms with Gasteiger partial charge in [-0.1, -0.05) is 0 Å². The summed E-state index contributed by atoms with van der Waals surface area (Å²) in [7, 11) is 1.94. The molecular weight excluding hydrogens is 276 g/mol. The van der Waals surface area contributed by atoms with Crippen molar-refractivity contribution >= 4 is 5.91 Å². The molecule has 2 heterocycles. The molecule has 22 heavy (non-hydrogen) atoms. The minimum Gasteiger partial charge on any atom is -0.333 e. The molecule has 1 aromatic heterocycles. The van der Waals surface area contributed by atoms with E-state index in [1.54, 1.807) is 0 Å². The third-order valence-electron chi connectivity index (χ3n) is 4.66. The first-order valence-electron chi connectivity index (χ1n) is 8.48. The third kappa shape index (κ3) is 2.91. The maximum absolute atomic E-state index is 12.9. The van der Waals surface area contributed by atoms with E-state index in [4.69, 9.17) is 0 Å². The van der Waals surface area contributed by atoms with Crippen LogP contribution in [0.2, 0.25) is 0 Å². The van der Waals surface area contributed by atoms with Crippen LogP contribution in [0, 0.1) is 0 Å². The number of aromatic nitrogens is 2. The number of hydrogen-bond donors (Lipinski definition) is 1. The average Bonchev–Trinajstić information content (AvgIpc) is 3.01. The van der Waals surface area contributed by atoms with Crippen molar-refractivity contribution in [3.63, 3.8) is 0 Å². The van der Waals surface area contributed by atoms with E-state index < -0.39 is 0 Å². The zero-order chi connectivity index (χ0) is 15.9. The fourth-order valence-corrected chi connectivity index (χ4v) is 3.41. The van der Waals surface area contributed by atoms with Crippen molar-refractivity contribution in [3.05, 3.63) is 17.5 Å². The molecule has 1 aromatic rings. The average molecular weight is 304 g/mol. The summed E-state index contributed by atoms with van der Waals surface area (Å²) in [6.45, 7) is 8.17. The molecule has 3 rings (SSSR count). The highest BCUT2D eigenvalue weighted by molar-refractivity contribution is 5.93. The molecule has 5 heteroatoms. The van der Waals surface area contributed by atoms with Crippen LogP contribution in [0.4, 0.5) is 0 Å². The van der Waals surface area contributed by atoms with E-state index in [0.717, 1.165) is 25.9 Å². The van der Waals surface area contributed by atoms with E-state index in [1.165, 1.54) is 18.5 Å². The summed E-state index contributed by atoms with van der Waals surface area (Å²) < 4.78 is 2.07. The van der Waals surface area contributed by atoms with Gasteiger partial charge < -0.3 is 10.2 Å². The molecule has 0 aromatic carbocycles. The fourth-order valence-electron chi connectivity index (χ4n) is 3.41. The predicted octanol–water partition coefficient (Wildman–Crippen LogP) is 2.34. The van der Waals surface area contributed by atoms with Crippen LogP contribution in [-0.2, 0) is 5.54 Å². The molecule has 5 nitrogen and oxygen atoms in total. The van der Waals surface area contributed by atoms with Crippen molar-refractivity contribution in [2.45, 2.75) is 64.0 Å². The lowest BCUT2D eigenvalue weighted by Gasteiger charge is -2.24. The Kier molecular flexibility index (Phi) is 4.02. The summed E-state index contributed by atoms with van der Waals surface area (Å²) in [5, 5.41) is 7.88. The van der Waals surface area contributed by atoms with Gasteiger partial charge in [0.15, 0.2) is 5.69 Å². The van der Waals surface area contributed by atoms with Gasteiger partial charge in [0, 0.05) is 30.7 Å². The molecule has 1 N–H and O–H groups in total. The van der Waals surface area contributed by atoms with Gasteiger partial charge in [0.05, 0.1) is 5.54 Å². The van der Waals surface area contributed by atoms with Gasteiger partial charge in [-0.15, -0.1) is 0 Å².